The minimum absolute atomic E-state index is 0.157. The molecule has 1 saturated heterocycles. The fraction of sp³-hybridized carbons (Fsp3) is 0.438. The Hall–Kier alpha value is -2.35. The summed E-state index contributed by atoms with van der Waals surface area (Å²) in [5, 5.41) is 14.9. The van der Waals surface area contributed by atoms with Gasteiger partial charge in [0.1, 0.15) is 10.8 Å². The molecule has 2 heterocycles. The molecule has 0 bridgehead atoms. The van der Waals surface area contributed by atoms with Gasteiger partial charge in [0.2, 0.25) is 5.13 Å². The van der Waals surface area contributed by atoms with Gasteiger partial charge in [0.15, 0.2) is 0 Å². The van der Waals surface area contributed by atoms with E-state index in [9.17, 15) is 4.79 Å². The third-order valence-electron chi connectivity index (χ3n) is 4.00. The minimum Gasteiger partial charge on any atom is -0.495 e. The summed E-state index contributed by atoms with van der Waals surface area (Å²) >= 11 is 1.36. The lowest BCUT2D eigenvalue weighted by molar-refractivity contribution is 0.246. The zero-order chi connectivity index (χ0) is 16.9. The van der Waals surface area contributed by atoms with Crippen LogP contribution >= 0.6 is 11.3 Å². The Morgan fingerprint density at radius 1 is 1.29 bits per heavy atom. The van der Waals surface area contributed by atoms with Gasteiger partial charge < -0.3 is 15.0 Å². The van der Waals surface area contributed by atoms with Gasteiger partial charge in [-0.2, -0.15) is 0 Å². The zero-order valence-electron chi connectivity index (χ0n) is 13.8. The molecule has 0 atom stereocenters. The van der Waals surface area contributed by atoms with Crippen molar-refractivity contribution in [3.8, 4) is 5.75 Å². The lowest BCUT2D eigenvalue weighted by Crippen LogP contribution is -2.46. The molecule has 1 aliphatic heterocycles. The van der Waals surface area contributed by atoms with E-state index < -0.39 is 0 Å². The van der Waals surface area contributed by atoms with Gasteiger partial charge >= 0.3 is 6.03 Å². The van der Waals surface area contributed by atoms with Gasteiger partial charge in [-0.05, 0) is 31.9 Å². The van der Waals surface area contributed by atoms with Crippen molar-refractivity contribution in [1.82, 2.24) is 15.5 Å². The predicted molar refractivity (Wildman–Crippen MR) is 95.0 cm³/mol. The quantitative estimate of drug-likeness (QED) is 0.889. The van der Waals surface area contributed by atoms with Gasteiger partial charge in [-0.1, -0.05) is 23.5 Å². The van der Waals surface area contributed by atoms with Crippen LogP contribution in [0.15, 0.2) is 24.3 Å². The summed E-state index contributed by atoms with van der Waals surface area (Å²) in [7, 11) is 1.69. The van der Waals surface area contributed by atoms with Gasteiger partial charge in [0.05, 0.1) is 12.8 Å². The molecule has 3 rings (SSSR count). The van der Waals surface area contributed by atoms with Crippen molar-refractivity contribution in [1.29, 1.82) is 0 Å². The van der Waals surface area contributed by atoms with Crippen LogP contribution < -0.4 is 20.3 Å². The molecule has 0 saturated carbocycles. The van der Waals surface area contributed by atoms with Crippen LogP contribution in [0.4, 0.5) is 15.6 Å². The Balaban J connectivity index is 1.51. The minimum atomic E-state index is -0.220. The molecule has 0 unspecified atom stereocenters. The Kier molecular flexibility index (Phi) is 5.14. The third kappa shape index (κ3) is 3.94. The number of nitrogens with one attached hydrogen (secondary N) is 2. The van der Waals surface area contributed by atoms with Gasteiger partial charge in [-0.25, -0.2) is 4.79 Å². The molecule has 2 amide bonds. The van der Waals surface area contributed by atoms with E-state index in [1.54, 1.807) is 7.11 Å². The molecular formula is C16H21N5O2S. The lowest BCUT2D eigenvalue weighted by Gasteiger charge is -2.34. The number of hydrogen-bond acceptors (Lipinski definition) is 6. The summed E-state index contributed by atoms with van der Waals surface area (Å²) in [6.45, 7) is 3.61. The molecule has 0 aliphatic carbocycles. The van der Waals surface area contributed by atoms with Crippen molar-refractivity contribution in [3.63, 3.8) is 0 Å². The fourth-order valence-electron chi connectivity index (χ4n) is 2.82. The van der Waals surface area contributed by atoms with Crippen LogP contribution in [-0.2, 0) is 0 Å². The summed E-state index contributed by atoms with van der Waals surface area (Å²) in [5.41, 5.74) is 1.10. The highest BCUT2D eigenvalue weighted by Gasteiger charge is 2.22. The average Bonchev–Trinajstić information content (AvgIpc) is 3.00. The number of benzene rings is 1. The average molecular weight is 347 g/mol. The molecule has 7 nitrogen and oxygen atoms in total. The van der Waals surface area contributed by atoms with E-state index in [4.69, 9.17) is 4.74 Å². The molecule has 128 valence electrons. The number of amides is 2. The molecule has 1 fully saturated rings. The Morgan fingerprint density at radius 3 is 2.71 bits per heavy atom. The summed E-state index contributed by atoms with van der Waals surface area (Å²) < 4.78 is 5.43. The highest BCUT2D eigenvalue weighted by atomic mass is 32.1. The van der Waals surface area contributed by atoms with Crippen molar-refractivity contribution >= 4 is 28.2 Å². The standard InChI is InChI=1S/C16H21N5O2S/c1-11-19-20-16(24-11)18-15(22)17-12-7-9-21(10-8-12)13-5-3-4-6-14(13)23-2/h3-6,12H,7-10H2,1-2H3,(H2,17,18,20,22). The SMILES string of the molecule is COc1ccccc1N1CCC(NC(=O)Nc2nnc(C)s2)CC1. The number of urea groups is 1. The highest BCUT2D eigenvalue weighted by molar-refractivity contribution is 7.15. The number of piperidine rings is 1. The van der Waals surface area contributed by atoms with Crippen molar-refractivity contribution in [2.75, 3.05) is 30.4 Å². The number of methoxy groups -OCH3 is 1. The van der Waals surface area contributed by atoms with Crippen LogP contribution in [0, 0.1) is 6.92 Å². The van der Waals surface area contributed by atoms with Crippen molar-refractivity contribution in [3.05, 3.63) is 29.3 Å². The van der Waals surface area contributed by atoms with Gasteiger partial charge in [-0.3, -0.25) is 5.32 Å². The number of aryl methyl sites for hydroxylation is 1. The summed E-state index contributed by atoms with van der Waals surface area (Å²) in [6.07, 6.45) is 1.78. The van der Waals surface area contributed by atoms with E-state index in [2.05, 4.69) is 31.8 Å². The summed E-state index contributed by atoms with van der Waals surface area (Å²) in [6, 6.07) is 7.95. The van der Waals surface area contributed by atoms with Crippen molar-refractivity contribution in [2.45, 2.75) is 25.8 Å². The topological polar surface area (TPSA) is 79.4 Å². The predicted octanol–water partition coefficient (Wildman–Crippen LogP) is 2.65. The highest BCUT2D eigenvalue weighted by Crippen LogP contribution is 2.29. The zero-order valence-corrected chi connectivity index (χ0v) is 14.6. The van der Waals surface area contributed by atoms with E-state index >= 15 is 0 Å². The monoisotopic (exact) mass is 347 g/mol. The van der Waals surface area contributed by atoms with Crippen LogP contribution in [0.2, 0.25) is 0 Å². The Bertz CT molecular complexity index is 697. The van der Waals surface area contributed by atoms with Gasteiger partial charge in [0.25, 0.3) is 0 Å². The van der Waals surface area contributed by atoms with E-state index in [0.717, 1.165) is 42.4 Å². The van der Waals surface area contributed by atoms with Crippen LogP contribution in [0.1, 0.15) is 17.8 Å². The van der Waals surface area contributed by atoms with E-state index in [0.29, 0.717) is 5.13 Å². The first-order valence-electron chi connectivity index (χ1n) is 7.91. The van der Waals surface area contributed by atoms with Crippen LogP contribution in [0.3, 0.4) is 0 Å². The first-order valence-corrected chi connectivity index (χ1v) is 8.73. The molecule has 2 aromatic rings. The molecular weight excluding hydrogens is 326 g/mol. The normalized spacial score (nSPS) is 15.2. The van der Waals surface area contributed by atoms with Crippen LogP contribution in [-0.4, -0.2) is 42.5 Å². The maximum atomic E-state index is 12.0. The number of para-hydroxylation sites is 2. The van der Waals surface area contributed by atoms with Crippen LogP contribution in [0.5, 0.6) is 5.75 Å². The van der Waals surface area contributed by atoms with E-state index in [-0.39, 0.29) is 12.1 Å². The smallest absolute Gasteiger partial charge is 0.321 e. The number of aromatic nitrogens is 2. The third-order valence-corrected chi connectivity index (χ3v) is 4.76. The molecule has 24 heavy (non-hydrogen) atoms. The molecule has 8 heteroatoms. The molecule has 1 aliphatic rings. The number of carbonyl (C=O) groups excluding carboxylic acids is 1. The van der Waals surface area contributed by atoms with E-state index in [1.807, 2.05) is 25.1 Å². The molecule has 1 aromatic heterocycles. The molecule has 1 aromatic carbocycles. The molecule has 0 spiro atoms. The van der Waals surface area contributed by atoms with Gasteiger partial charge in [-0.15, -0.1) is 10.2 Å². The van der Waals surface area contributed by atoms with Crippen molar-refractivity contribution < 1.29 is 9.53 Å². The van der Waals surface area contributed by atoms with Gasteiger partial charge in [0, 0.05) is 19.1 Å². The van der Waals surface area contributed by atoms with E-state index in [1.165, 1.54) is 11.3 Å². The Morgan fingerprint density at radius 2 is 2.04 bits per heavy atom. The lowest BCUT2D eigenvalue weighted by atomic mass is 10.0. The summed E-state index contributed by atoms with van der Waals surface area (Å²) in [4.78, 5) is 14.3. The number of anilines is 2. The second kappa shape index (κ2) is 7.48. The number of hydrogen-bond donors (Lipinski definition) is 2. The number of nitrogens with zero attached hydrogens (tertiary/aromatic N) is 3. The second-order valence-corrected chi connectivity index (χ2v) is 6.84. The molecule has 0 radical (unpaired) electrons. The van der Waals surface area contributed by atoms with Crippen molar-refractivity contribution in [2.24, 2.45) is 0 Å². The first-order chi connectivity index (χ1) is 11.7. The number of rotatable bonds is 4. The maximum Gasteiger partial charge on any atom is 0.321 e. The number of ether oxygens (including phenoxy) is 1. The first kappa shape index (κ1) is 16.5. The second-order valence-electron chi connectivity index (χ2n) is 5.66. The Labute approximate surface area is 145 Å². The fourth-order valence-corrected chi connectivity index (χ4v) is 3.41. The summed E-state index contributed by atoms with van der Waals surface area (Å²) in [5.74, 6) is 0.883. The largest absolute Gasteiger partial charge is 0.495 e. The maximum absolute atomic E-state index is 12.0. The van der Waals surface area contributed by atoms with Crippen LogP contribution in [0.25, 0.3) is 0 Å². The molecule has 2 N–H and O–H groups in total. The number of carbonyl (C=O) groups is 1.